The van der Waals surface area contributed by atoms with Crippen molar-refractivity contribution in [1.29, 1.82) is 0 Å². The first kappa shape index (κ1) is 17.6. The smallest absolute Gasteiger partial charge is 0.317 e. The summed E-state index contributed by atoms with van der Waals surface area (Å²) in [4.78, 5) is 16.2. The van der Waals surface area contributed by atoms with Crippen LogP contribution < -0.4 is 10.2 Å². The number of fused-ring (bicyclic) bond motifs is 1. The number of carbonyl (C=O) groups excluding carboxylic acids is 1. The maximum absolute atomic E-state index is 12.3. The van der Waals surface area contributed by atoms with E-state index in [4.69, 9.17) is 0 Å². The van der Waals surface area contributed by atoms with Crippen molar-refractivity contribution < 1.29 is 9.90 Å². The lowest BCUT2D eigenvalue weighted by molar-refractivity contribution is 0.0480. The molecule has 5 nitrogen and oxygen atoms in total. The third-order valence-corrected chi connectivity index (χ3v) is 4.19. The van der Waals surface area contributed by atoms with Gasteiger partial charge >= 0.3 is 6.03 Å². The van der Waals surface area contributed by atoms with Gasteiger partial charge in [-0.3, -0.25) is 0 Å². The normalized spacial score (nSPS) is 14.4. The second kappa shape index (κ2) is 7.21. The summed E-state index contributed by atoms with van der Waals surface area (Å²) in [5.74, 6) is 0. The van der Waals surface area contributed by atoms with Gasteiger partial charge in [0.25, 0.3) is 0 Å². The molecule has 2 rings (SSSR count). The topological polar surface area (TPSA) is 55.8 Å². The number of nitrogens with one attached hydrogen (secondary N) is 1. The maximum Gasteiger partial charge on any atom is 0.317 e. The number of hydrogen-bond donors (Lipinski definition) is 2. The number of urea groups is 1. The van der Waals surface area contributed by atoms with Gasteiger partial charge in [-0.25, -0.2) is 4.79 Å². The predicted octanol–water partition coefficient (Wildman–Crippen LogP) is 2.37. The summed E-state index contributed by atoms with van der Waals surface area (Å²) in [6.07, 6.45) is 2.27. The van der Waals surface area contributed by atoms with Gasteiger partial charge in [-0.2, -0.15) is 0 Å². The molecular formula is C18H29N3O2. The summed E-state index contributed by atoms with van der Waals surface area (Å²) in [5, 5.41) is 12.8. The lowest BCUT2D eigenvalue weighted by Crippen LogP contribution is -2.46. The second-order valence-corrected chi connectivity index (χ2v) is 6.97. The highest BCUT2D eigenvalue weighted by Gasteiger charge is 2.21. The van der Waals surface area contributed by atoms with Crippen LogP contribution in [0.25, 0.3) is 0 Å². The average Bonchev–Trinajstić information content (AvgIpc) is 2.49. The molecule has 0 spiro atoms. The Hall–Kier alpha value is -1.75. The first-order valence-corrected chi connectivity index (χ1v) is 8.38. The van der Waals surface area contributed by atoms with E-state index in [-0.39, 0.29) is 6.03 Å². The van der Waals surface area contributed by atoms with Crippen molar-refractivity contribution in [1.82, 2.24) is 10.2 Å². The lowest BCUT2D eigenvalue weighted by Gasteiger charge is -2.29. The van der Waals surface area contributed by atoms with Crippen LogP contribution in [0.15, 0.2) is 18.2 Å². The number of aliphatic hydroxyl groups is 1. The van der Waals surface area contributed by atoms with Gasteiger partial charge in [-0.15, -0.1) is 0 Å². The van der Waals surface area contributed by atoms with Crippen molar-refractivity contribution in [2.75, 3.05) is 31.6 Å². The van der Waals surface area contributed by atoms with Crippen LogP contribution >= 0.6 is 0 Å². The van der Waals surface area contributed by atoms with E-state index >= 15 is 0 Å². The summed E-state index contributed by atoms with van der Waals surface area (Å²) in [6.45, 7) is 7.85. The standard InChI is InChI=1S/C18H29N3O2/c1-5-21(13-18(2,3)23)17(22)19-12-14-8-9-16-15(11-14)7-6-10-20(16)4/h8-9,11,23H,5-7,10,12-13H2,1-4H3,(H,19,22). The Labute approximate surface area is 139 Å². The highest BCUT2D eigenvalue weighted by atomic mass is 16.3. The van der Waals surface area contributed by atoms with Gasteiger partial charge < -0.3 is 20.2 Å². The molecule has 5 heteroatoms. The van der Waals surface area contributed by atoms with Crippen LogP contribution in [0.1, 0.15) is 38.3 Å². The Morgan fingerprint density at radius 2 is 2.17 bits per heavy atom. The zero-order chi connectivity index (χ0) is 17.0. The van der Waals surface area contributed by atoms with Crippen LogP contribution in [0.3, 0.4) is 0 Å². The first-order chi connectivity index (χ1) is 10.8. The van der Waals surface area contributed by atoms with Gasteiger partial charge in [-0.05, 0) is 50.8 Å². The molecule has 0 fully saturated rings. The number of amides is 2. The highest BCUT2D eigenvalue weighted by Crippen LogP contribution is 2.26. The quantitative estimate of drug-likeness (QED) is 0.876. The van der Waals surface area contributed by atoms with Crippen molar-refractivity contribution in [3.8, 4) is 0 Å². The van der Waals surface area contributed by atoms with Crippen LogP contribution in [-0.4, -0.2) is 48.3 Å². The maximum atomic E-state index is 12.3. The van der Waals surface area contributed by atoms with Crippen LogP contribution in [0, 0.1) is 0 Å². The number of nitrogens with zero attached hydrogens (tertiary/aromatic N) is 2. The Morgan fingerprint density at radius 3 is 2.83 bits per heavy atom. The molecule has 128 valence electrons. The van der Waals surface area contributed by atoms with Crippen LogP contribution in [0.2, 0.25) is 0 Å². The molecule has 1 heterocycles. The molecule has 2 N–H and O–H groups in total. The van der Waals surface area contributed by atoms with Crippen molar-refractivity contribution in [3.63, 3.8) is 0 Å². The number of benzene rings is 1. The third-order valence-electron chi connectivity index (χ3n) is 4.19. The minimum Gasteiger partial charge on any atom is -0.389 e. The Morgan fingerprint density at radius 1 is 1.43 bits per heavy atom. The van der Waals surface area contributed by atoms with Gasteiger partial charge in [0.05, 0.1) is 12.1 Å². The van der Waals surface area contributed by atoms with E-state index < -0.39 is 5.60 Å². The SMILES string of the molecule is CCN(CC(C)(C)O)C(=O)NCc1ccc2c(c1)CCCN2C. The molecule has 1 aromatic rings. The zero-order valence-electron chi connectivity index (χ0n) is 14.7. The molecule has 2 amide bonds. The van der Waals surface area contributed by atoms with Gasteiger partial charge in [-0.1, -0.05) is 12.1 Å². The fraction of sp³-hybridized carbons (Fsp3) is 0.611. The van der Waals surface area contributed by atoms with E-state index in [1.54, 1.807) is 18.7 Å². The number of aryl methyl sites for hydroxylation is 1. The van der Waals surface area contributed by atoms with E-state index in [2.05, 4.69) is 35.5 Å². The van der Waals surface area contributed by atoms with Gasteiger partial charge in [0.15, 0.2) is 0 Å². The van der Waals surface area contributed by atoms with Crippen LogP contribution in [-0.2, 0) is 13.0 Å². The summed E-state index contributed by atoms with van der Waals surface area (Å²) in [7, 11) is 2.12. The summed E-state index contributed by atoms with van der Waals surface area (Å²) >= 11 is 0. The highest BCUT2D eigenvalue weighted by molar-refractivity contribution is 5.74. The third kappa shape index (κ3) is 4.86. The summed E-state index contributed by atoms with van der Waals surface area (Å²) < 4.78 is 0. The van der Waals surface area contributed by atoms with E-state index in [0.29, 0.717) is 19.6 Å². The molecule has 0 atom stereocenters. The largest absolute Gasteiger partial charge is 0.389 e. The minimum absolute atomic E-state index is 0.135. The van der Waals surface area contributed by atoms with E-state index in [1.165, 1.54) is 17.7 Å². The zero-order valence-corrected chi connectivity index (χ0v) is 14.7. The van der Waals surface area contributed by atoms with Crippen LogP contribution in [0.4, 0.5) is 10.5 Å². The molecule has 23 heavy (non-hydrogen) atoms. The molecule has 0 aromatic heterocycles. The predicted molar refractivity (Wildman–Crippen MR) is 93.8 cm³/mol. The van der Waals surface area contributed by atoms with Crippen molar-refractivity contribution >= 4 is 11.7 Å². The number of likely N-dealkylation sites (N-methyl/N-ethyl adjacent to an activating group) is 1. The monoisotopic (exact) mass is 319 g/mol. The second-order valence-electron chi connectivity index (χ2n) is 6.97. The summed E-state index contributed by atoms with van der Waals surface area (Å²) in [5.41, 5.74) is 2.88. The first-order valence-electron chi connectivity index (χ1n) is 8.38. The van der Waals surface area contributed by atoms with Crippen molar-refractivity contribution in [3.05, 3.63) is 29.3 Å². The van der Waals surface area contributed by atoms with Gasteiger partial charge in [0.2, 0.25) is 0 Å². The number of hydrogen-bond acceptors (Lipinski definition) is 3. The molecular weight excluding hydrogens is 290 g/mol. The Kier molecular flexibility index (Phi) is 5.52. The fourth-order valence-corrected chi connectivity index (χ4v) is 3.03. The average molecular weight is 319 g/mol. The molecule has 0 radical (unpaired) electrons. The van der Waals surface area contributed by atoms with Gasteiger partial charge in [0.1, 0.15) is 0 Å². The number of anilines is 1. The number of rotatable bonds is 5. The molecule has 0 saturated carbocycles. The van der Waals surface area contributed by atoms with Crippen molar-refractivity contribution in [2.24, 2.45) is 0 Å². The molecule has 0 aliphatic carbocycles. The van der Waals surface area contributed by atoms with Gasteiger partial charge in [0, 0.05) is 32.4 Å². The van der Waals surface area contributed by atoms with E-state index in [0.717, 1.165) is 18.5 Å². The molecule has 0 saturated heterocycles. The van der Waals surface area contributed by atoms with Crippen LogP contribution in [0.5, 0.6) is 0 Å². The minimum atomic E-state index is -0.885. The molecule has 1 aliphatic heterocycles. The molecule has 1 aliphatic rings. The van der Waals surface area contributed by atoms with E-state index in [9.17, 15) is 9.90 Å². The number of carbonyl (C=O) groups is 1. The summed E-state index contributed by atoms with van der Waals surface area (Å²) in [6, 6.07) is 6.28. The van der Waals surface area contributed by atoms with Crippen molar-refractivity contribution in [2.45, 2.75) is 45.8 Å². The Balaban J connectivity index is 1.96. The fourth-order valence-electron chi connectivity index (χ4n) is 3.03. The Bertz CT molecular complexity index is 552. The lowest BCUT2D eigenvalue weighted by atomic mass is 9.99. The molecule has 1 aromatic carbocycles. The molecule has 0 unspecified atom stereocenters. The molecule has 0 bridgehead atoms. The van der Waals surface area contributed by atoms with E-state index in [1.807, 2.05) is 6.92 Å².